The monoisotopic (exact) mass is 818 g/mol. The number of nitrogens with zero attached hydrogens (tertiary/aromatic N) is 6. The molecule has 282 valence electrons. The van der Waals surface area contributed by atoms with E-state index in [0.29, 0.717) is 43.4 Å². The molecule has 6 aliphatic rings. The van der Waals surface area contributed by atoms with Crippen molar-refractivity contribution in [1.29, 1.82) is 21.0 Å². The highest BCUT2D eigenvalue weighted by molar-refractivity contribution is 7.29. The highest BCUT2D eigenvalue weighted by Gasteiger charge is 2.56. The van der Waals surface area contributed by atoms with Crippen LogP contribution in [-0.2, 0) is 10.8 Å². The molecule has 0 bridgehead atoms. The topological polar surface area (TPSA) is 154 Å². The number of carbonyl (C=O) groups excluding carboxylic acids is 2. The number of rotatable bonds is 2. The molecular weight excluding hydrogens is 789 g/mol. The summed E-state index contributed by atoms with van der Waals surface area (Å²) in [5, 5.41) is 41.1. The molecule has 11 heteroatoms. The first-order valence-electron chi connectivity index (χ1n) is 19.9. The summed E-state index contributed by atoms with van der Waals surface area (Å²) >= 11 is 5.05. The lowest BCUT2D eigenvalue weighted by molar-refractivity contribution is 0.106. The molecule has 3 aromatic heterocycles. The van der Waals surface area contributed by atoms with Crippen LogP contribution < -0.4 is 0 Å². The Labute approximate surface area is 352 Å². The maximum atomic E-state index is 13.8. The number of nitriles is 4. The van der Waals surface area contributed by atoms with Crippen LogP contribution in [0.15, 0.2) is 81.8 Å². The van der Waals surface area contributed by atoms with Gasteiger partial charge in [-0.1, -0.05) is 87.1 Å². The second-order valence-corrected chi connectivity index (χ2v) is 19.2. The summed E-state index contributed by atoms with van der Waals surface area (Å²) in [5.41, 5.74) is 7.89. The number of fused-ring (bicyclic) bond motifs is 13. The molecule has 0 atom stereocenters. The summed E-state index contributed by atoms with van der Waals surface area (Å²) in [6.07, 6.45) is 11.0. The lowest BCUT2D eigenvalue weighted by Gasteiger charge is -2.41. The van der Waals surface area contributed by atoms with E-state index in [1.807, 2.05) is 35.6 Å². The minimum Gasteiger partial charge on any atom is -0.287 e. The summed E-state index contributed by atoms with van der Waals surface area (Å²) in [5.74, 6) is -0.553. The Balaban J connectivity index is 1.09. The highest BCUT2D eigenvalue weighted by Crippen LogP contribution is 2.71. The average Bonchev–Trinajstić information content (AvgIpc) is 4.13. The molecule has 2 aromatic carbocycles. The zero-order valence-corrected chi connectivity index (χ0v) is 34.0. The second kappa shape index (κ2) is 13.1. The Hall–Kier alpha value is -6.34. The number of hydrogen-bond acceptors (Lipinski definition) is 11. The summed E-state index contributed by atoms with van der Waals surface area (Å²) in [6, 6.07) is 26.6. The summed E-state index contributed by atoms with van der Waals surface area (Å²) in [4.78, 5) is 42.6. The molecular formula is C48H30N6O2S3. The molecule has 0 unspecified atom stereocenters. The molecule has 0 aliphatic heterocycles. The lowest BCUT2D eigenvalue weighted by Crippen LogP contribution is -2.34. The van der Waals surface area contributed by atoms with Gasteiger partial charge in [0.05, 0.1) is 9.75 Å². The van der Waals surface area contributed by atoms with E-state index in [4.69, 9.17) is 9.98 Å². The van der Waals surface area contributed by atoms with Crippen molar-refractivity contribution < 1.29 is 9.59 Å². The van der Waals surface area contributed by atoms with Crippen LogP contribution in [-0.4, -0.2) is 23.0 Å². The van der Waals surface area contributed by atoms with Gasteiger partial charge in [0.15, 0.2) is 0 Å². The van der Waals surface area contributed by atoms with E-state index in [9.17, 15) is 30.6 Å². The van der Waals surface area contributed by atoms with E-state index in [0.717, 1.165) is 51.4 Å². The smallest absolute Gasteiger partial charge is 0.212 e. The van der Waals surface area contributed by atoms with E-state index < -0.39 is 0 Å². The molecule has 6 aliphatic carbocycles. The quantitative estimate of drug-likeness (QED) is 0.162. The minimum absolute atomic E-state index is 0.120. The lowest BCUT2D eigenvalue weighted by atomic mass is 9.61. The maximum Gasteiger partial charge on any atom is 0.212 e. The van der Waals surface area contributed by atoms with E-state index in [1.54, 1.807) is 71.2 Å². The Morgan fingerprint density at radius 1 is 0.508 bits per heavy atom. The molecule has 0 radical (unpaired) electrons. The Morgan fingerprint density at radius 3 is 1.25 bits per heavy atom. The highest BCUT2D eigenvalue weighted by atomic mass is 32.1. The Morgan fingerprint density at radius 2 is 0.881 bits per heavy atom. The maximum absolute atomic E-state index is 13.8. The van der Waals surface area contributed by atoms with Crippen molar-refractivity contribution in [3.63, 3.8) is 0 Å². The van der Waals surface area contributed by atoms with Crippen LogP contribution in [0.4, 0.5) is 10.0 Å². The zero-order valence-electron chi connectivity index (χ0n) is 31.6. The fourth-order valence-electron chi connectivity index (χ4n) is 10.9. The fourth-order valence-corrected chi connectivity index (χ4v) is 15.0. The van der Waals surface area contributed by atoms with Crippen molar-refractivity contribution in [2.24, 2.45) is 9.98 Å². The SMILES string of the molecule is N#CC(C#N)=C1/C(=N/c2cc3c(s2)-c2sc4c(c2C32CCCCC2)C2(CCCCC2)c2cc(/N=C3/C(=O)c5ccccc5C3=C(C#N)C#N)sc2-4)C(=O)c2ccccc21. The number of carbonyl (C=O) groups is 2. The summed E-state index contributed by atoms with van der Waals surface area (Å²) in [6.45, 7) is 0. The third kappa shape index (κ3) is 4.76. The summed E-state index contributed by atoms with van der Waals surface area (Å²) < 4.78 is 0. The van der Waals surface area contributed by atoms with Crippen LogP contribution in [0.2, 0.25) is 0 Å². The standard InChI is InChI=1S/C48H30N6O2S3/c49-21-25(22-50)35-27-11-3-5-13-29(27)41(55)39(35)53-33-19-31-43(57-33)45-37(47(31)15-7-1-8-16-47)38-46(59-45)44-32(48(38)17-9-2-10-18-48)20-34(58-44)54-40-36(26(23-51)24-52)28-12-4-6-14-30(28)42(40)56/h3-6,11-14,19-20H,1-2,7-10,15-18H2/b53-39-,54-40+. The van der Waals surface area contributed by atoms with Gasteiger partial charge in [0.25, 0.3) is 0 Å². The van der Waals surface area contributed by atoms with Gasteiger partial charge in [-0.2, -0.15) is 21.0 Å². The molecule has 2 fully saturated rings. The number of benzene rings is 2. The average molecular weight is 819 g/mol. The van der Waals surface area contributed by atoms with Crippen molar-refractivity contribution in [2.75, 3.05) is 0 Å². The molecule has 59 heavy (non-hydrogen) atoms. The van der Waals surface area contributed by atoms with Gasteiger partial charge < -0.3 is 0 Å². The molecule has 2 saturated carbocycles. The molecule has 0 N–H and O–H groups in total. The number of hydrogen-bond donors (Lipinski definition) is 0. The van der Waals surface area contributed by atoms with Crippen LogP contribution in [0.25, 0.3) is 30.7 Å². The normalized spacial score (nSPS) is 19.8. The van der Waals surface area contributed by atoms with Crippen LogP contribution in [0, 0.1) is 45.3 Å². The van der Waals surface area contributed by atoms with E-state index in [2.05, 4.69) is 12.1 Å². The van der Waals surface area contributed by atoms with Gasteiger partial charge >= 0.3 is 0 Å². The van der Waals surface area contributed by atoms with Crippen molar-refractivity contribution in [2.45, 2.75) is 75.0 Å². The molecule has 2 spiro atoms. The van der Waals surface area contributed by atoms with Crippen molar-refractivity contribution in [3.8, 4) is 43.8 Å². The van der Waals surface area contributed by atoms with Gasteiger partial charge in [-0.25, -0.2) is 9.98 Å². The van der Waals surface area contributed by atoms with Crippen molar-refractivity contribution >= 4 is 78.1 Å². The molecule has 0 amide bonds. The van der Waals surface area contributed by atoms with Crippen LogP contribution in [0.3, 0.4) is 0 Å². The molecule has 11 rings (SSSR count). The second-order valence-electron chi connectivity index (χ2n) is 16.1. The Kier molecular flexibility index (Phi) is 7.94. The van der Waals surface area contributed by atoms with Gasteiger partial charge in [-0.15, -0.1) is 34.0 Å². The van der Waals surface area contributed by atoms with Gasteiger partial charge in [-0.05, 0) is 71.2 Å². The predicted molar refractivity (Wildman–Crippen MR) is 231 cm³/mol. The van der Waals surface area contributed by atoms with E-state index in [1.165, 1.54) is 54.6 Å². The Bertz CT molecular complexity index is 2870. The van der Waals surface area contributed by atoms with Crippen LogP contribution >= 0.6 is 34.0 Å². The van der Waals surface area contributed by atoms with E-state index in [-0.39, 0.29) is 45.0 Å². The zero-order chi connectivity index (χ0) is 40.2. The fraction of sp³-hybridized carbons (Fsp3) is 0.250. The van der Waals surface area contributed by atoms with Crippen molar-refractivity contribution in [3.05, 3.63) is 116 Å². The van der Waals surface area contributed by atoms with Crippen LogP contribution in [0.1, 0.15) is 118 Å². The van der Waals surface area contributed by atoms with Crippen LogP contribution in [0.5, 0.6) is 0 Å². The van der Waals surface area contributed by atoms with Gasteiger partial charge in [0.2, 0.25) is 11.6 Å². The van der Waals surface area contributed by atoms with Crippen molar-refractivity contribution in [1.82, 2.24) is 0 Å². The first-order chi connectivity index (χ1) is 28.9. The number of ketones is 2. The first kappa shape index (κ1) is 35.8. The largest absolute Gasteiger partial charge is 0.287 e. The minimum atomic E-state index is -0.276. The van der Waals surface area contributed by atoms with E-state index >= 15 is 0 Å². The molecule has 3 heterocycles. The number of allylic oxidation sites excluding steroid dienone is 4. The molecule has 5 aromatic rings. The third-order valence-corrected chi connectivity index (χ3v) is 16.9. The number of thiophene rings is 3. The van der Waals surface area contributed by atoms with Gasteiger partial charge in [0.1, 0.15) is 56.8 Å². The third-order valence-electron chi connectivity index (χ3n) is 13.3. The number of aliphatic imine (C=N–C) groups is 2. The van der Waals surface area contributed by atoms with Gasteiger partial charge in [0, 0.05) is 42.9 Å². The predicted octanol–water partition coefficient (Wildman–Crippen LogP) is 11.9. The number of Topliss-reactive ketones (excluding diaryl/α,β-unsaturated/α-hetero) is 2. The van der Waals surface area contributed by atoms with Gasteiger partial charge in [-0.3, -0.25) is 9.59 Å². The molecule has 0 saturated heterocycles. The summed E-state index contributed by atoms with van der Waals surface area (Å²) in [7, 11) is 0. The first-order valence-corrected chi connectivity index (χ1v) is 22.3. The molecule has 8 nitrogen and oxygen atoms in total.